The first-order valence-corrected chi connectivity index (χ1v) is 5.71. The number of hydrogen-bond donors (Lipinski definition) is 1. The summed E-state index contributed by atoms with van der Waals surface area (Å²) in [5.74, 6) is -0.731. The van der Waals surface area contributed by atoms with E-state index in [-0.39, 0.29) is 5.92 Å². The number of methoxy groups -OCH3 is 1. The first-order chi connectivity index (χ1) is 7.24. The van der Waals surface area contributed by atoms with Crippen LogP contribution in [0.2, 0.25) is 0 Å². The smallest absolute Gasteiger partial charge is 0.308 e. The molecule has 1 N–H and O–H groups in total. The first kappa shape index (κ1) is 10.9. The number of fused-ring (bicyclic) bond motifs is 2. The molecule has 2 heterocycles. The second-order valence-corrected chi connectivity index (χ2v) is 4.56. The maximum atomic E-state index is 11.0. The van der Waals surface area contributed by atoms with E-state index < -0.39 is 5.97 Å². The SMILES string of the molecule is COCCCN1C2CCC1C(C(=O)O)C2. The van der Waals surface area contributed by atoms with Crippen molar-refractivity contribution in [2.24, 2.45) is 5.92 Å². The molecule has 0 aromatic carbocycles. The third-order valence-corrected chi connectivity index (χ3v) is 3.76. The van der Waals surface area contributed by atoms with Crippen molar-refractivity contribution in [3.63, 3.8) is 0 Å². The van der Waals surface area contributed by atoms with Gasteiger partial charge in [-0.2, -0.15) is 0 Å². The van der Waals surface area contributed by atoms with Crippen molar-refractivity contribution in [2.45, 2.75) is 37.8 Å². The fourth-order valence-electron chi connectivity index (χ4n) is 3.11. The van der Waals surface area contributed by atoms with Crippen LogP contribution < -0.4 is 0 Å². The Balaban J connectivity index is 1.89. The van der Waals surface area contributed by atoms with Gasteiger partial charge in [-0.1, -0.05) is 0 Å². The van der Waals surface area contributed by atoms with Crippen LogP contribution in [0, 0.1) is 5.92 Å². The molecule has 3 unspecified atom stereocenters. The number of carboxylic acids is 1. The van der Waals surface area contributed by atoms with Gasteiger partial charge in [0.15, 0.2) is 0 Å². The summed E-state index contributed by atoms with van der Waals surface area (Å²) < 4.78 is 5.02. The monoisotopic (exact) mass is 213 g/mol. The molecule has 4 nitrogen and oxygen atoms in total. The Kier molecular flexibility index (Phi) is 3.26. The highest BCUT2D eigenvalue weighted by Gasteiger charge is 2.48. The van der Waals surface area contributed by atoms with Gasteiger partial charge < -0.3 is 9.84 Å². The largest absolute Gasteiger partial charge is 0.481 e. The van der Waals surface area contributed by atoms with E-state index in [1.54, 1.807) is 7.11 Å². The number of carbonyl (C=O) groups is 1. The fourth-order valence-corrected chi connectivity index (χ4v) is 3.11. The van der Waals surface area contributed by atoms with Crippen LogP contribution in [0.4, 0.5) is 0 Å². The predicted octanol–water partition coefficient (Wildman–Crippen LogP) is 0.960. The van der Waals surface area contributed by atoms with Crippen LogP contribution in [0.1, 0.15) is 25.7 Å². The third-order valence-electron chi connectivity index (χ3n) is 3.76. The number of aliphatic carboxylic acids is 1. The Morgan fingerprint density at radius 3 is 2.93 bits per heavy atom. The molecular weight excluding hydrogens is 194 g/mol. The molecule has 0 aliphatic carbocycles. The number of rotatable bonds is 5. The van der Waals surface area contributed by atoms with E-state index >= 15 is 0 Å². The molecule has 2 aliphatic rings. The van der Waals surface area contributed by atoms with Crippen molar-refractivity contribution in [2.75, 3.05) is 20.3 Å². The lowest BCUT2D eigenvalue weighted by atomic mass is 9.89. The summed E-state index contributed by atoms with van der Waals surface area (Å²) in [6, 6.07) is 0.817. The van der Waals surface area contributed by atoms with Gasteiger partial charge >= 0.3 is 5.97 Å². The molecule has 3 atom stereocenters. The standard InChI is InChI=1S/C11H19NO3/c1-15-6-2-5-12-8-3-4-10(12)9(7-8)11(13)14/h8-10H,2-7H2,1H3,(H,13,14). The molecule has 2 rings (SSSR count). The van der Waals surface area contributed by atoms with Gasteiger partial charge in [0.25, 0.3) is 0 Å². The van der Waals surface area contributed by atoms with Crippen LogP contribution in [0.5, 0.6) is 0 Å². The van der Waals surface area contributed by atoms with Gasteiger partial charge in [-0.25, -0.2) is 0 Å². The molecule has 2 aliphatic heterocycles. The summed E-state index contributed by atoms with van der Waals surface area (Å²) in [7, 11) is 1.71. The number of hydrogen-bond acceptors (Lipinski definition) is 3. The molecule has 0 aromatic heterocycles. The summed E-state index contributed by atoms with van der Waals surface area (Å²) in [6.07, 6.45) is 4.11. The average molecular weight is 213 g/mol. The lowest BCUT2D eigenvalue weighted by molar-refractivity contribution is -0.142. The molecule has 15 heavy (non-hydrogen) atoms. The van der Waals surface area contributed by atoms with Gasteiger partial charge in [0, 0.05) is 32.3 Å². The van der Waals surface area contributed by atoms with E-state index in [0.717, 1.165) is 32.4 Å². The van der Waals surface area contributed by atoms with Crippen molar-refractivity contribution < 1.29 is 14.6 Å². The second kappa shape index (κ2) is 4.49. The van der Waals surface area contributed by atoms with Crippen LogP contribution in [-0.4, -0.2) is 48.3 Å². The van der Waals surface area contributed by atoms with Crippen molar-refractivity contribution in [1.29, 1.82) is 0 Å². The molecule has 2 saturated heterocycles. The number of ether oxygens (including phenoxy) is 1. The van der Waals surface area contributed by atoms with Gasteiger partial charge in [-0.3, -0.25) is 9.69 Å². The second-order valence-electron chi connectivity index (χ2n) is 4.56. The topological polar surface area (TPSA) is 49.8 Å². The van der Waals surface area contributed by atoms with Crippen LogP contribution in [0.25, 0.3) is 0 Å². The van der Waals surface area contributed by atoms with Crippen molar-refractivity contribution in [1.82, 2.24) is 4.90 Å². The van der Waals surface area contributed by atoms with Gasteiger partial charge in [-0.15, -0.1) is 0 Å². The molecule has 86 valence electrons. The Morgan fingerprint density at radius 1 is 1.53 bits per heavy atom. The van der Waals surface area contributed by atoms with Gasteiger partial charge in [0.05, 0.1) is 5.92 Å². The minimum atomic E-state index is -0.612. The highest BCUT2D eigenvalue weighted by Crippen LogP contribution is 2.41. The first-order valence-electron chi connectivity index (χ1n) is 5.71. The van der Waals surface area contributed by atoms with Crippen LogP contribution >= 0.6 is 0 Å². The van der Waals surface area contributed by atoms with Gasteiger partial charge in [0.2, 0.25) is 0 Å². The van der Waals surface area contributed by atoms with Crippen molar-refractivity contribution in [3.8, 4) is 0 Å². The molecular formula is C11H19NO3. The summed E-state index contributed by atoms with van der Waals surface area (Å²) in [4.78, 5) is 13.4. The lowest BCUT2D eigenvalue weighted by Crippen LogP contribution is -2.34. The maximum absolute atomic E-state index is 11.0. The highest BCUT2D eigenvalue weighted by atomic mass is 16.5. The Bertz CT molecular complexity index is 244. The Hall–Kier alpha value is -0.610. The van der Waals surface area contributed by atoms with Crippen molar-refractivity contribution >= 4 is 5.97 Å². The number of nitrogens with zero attached hydrogens (tertiary/aromatic N) is 1. The Morgan fingerprint density at radius 2 is 2.33 bits per heavy atom. The van der Waals surface area contributed by atoms with Crippen LogP contribution in [-0.2, 0) is 9.53 Å². The summed E-state index contributed by atoms with van der Waals surface area (Å²) in [6.45, 7) is 1.76. The lowest BCUT2D eigenvalue weighted by Gasteiger charge is -2.22. The molecule has 0 aromatic rings. The minimum Gasteiger partial charge on any atom is -0.481 e. The van der Waals surface area contributed by atoms with E-state index in [1.165, 1.54) is 6.42 Å². The van der Waals surface area contributed by atoms with Gasteiger partial charge in [0.1, 0.15) is 0 Å². The third kappa shape index (κ3) is 2.01. The maximum Gasteiger partial charge on any atom is 0.308 e. The number of carboxylic acid groups (broad SMARTS) is 1. The van der Waals surface area contributed by atoms with E-state index in [4.69, 9.17) is 9.84 Å². The molecule has 0 amide bonds. The quantitative estimate of drug-likeness (QED) is 0.691. The van der Waals surface area contributed by atoms with E-state index in [2.05, 4.69) is 4.90 Å². The van der Waals surface area contributed by atoms with E-state index in [1.807, 2.05) is 0 Å². The van der Waals surface area contributed by atoms with Crippen molar-refractivity contribution in [3.05, 3.63) is 0 Å². The van der Waals surface area contributed by atoms with E-state index in [0.29, 0.717) is 12.1 Å². The van der Waals surface area contributed by atoms with E-state index in [9.17, 15) is 4.79 Å². The average Bonchev–Trinajstić information content (AvgIpc) is 2.75. The zero-order chi connectivity index (χ0) is 10.8. The fraction of sp³-hybridized carbons (Fsp3) is 0.909. The Labute approximate surface area is 90.2 Å². The predicted molar refractivity (Wildman–Crippen MR) is 55.8 cm³/mol. The zero-order valence-corrected chi connectivity index (χ0v) is 9.19. The summed E-state index contributed by atoms with van der Waals surface area (Å²) in [5, 5.41) is 9.07. The van der Waals surface area contributed by atoms with Gasteiger partial charge in [-0.05, 0) is 25.7 Å². The minimum absolute atomic E-state index is 0.119. The molecule has 2 bridgehead atoms. The van der Waals surface area contributed by atoms with Crippen LogP contribution in [0.15, 0.2) is 0 Å². The highest BCUT2D eigenvalue weighted by molar-refractivity contribution is 5.71. The van der Waals surface area contributed by atoms with Crippen LogP contribution in [0.3, 0.4) is 0 Å². The summed E-state index contributed by atoms with van der Waals surface area (Å²) >= 11 is 0. The molecule has 0 radical (unpaired) electrons. The molecule has 0 spiro atoms. The molecule has 0 saturated carbocycles. The molecule has 4 heteroatoms. The summed E-state index contributed by atoms with van der Waals surface area (Å²) in [5.41, 5.74) is 0. The zero-order valence-electron chi connectivity index (χ0n) is 9.19. The normalized spacial score (nSPS) is 34.9. The molecule has 2 fully saturated rings.